The number of rotatable bonds is 7. The van der Waals surface area contributed by atoms with Crippen LogP contribution in [-0.2, 0) is 28.5 Å². The molecule has 0 aromatic carbocycles. The number of hydrogen-bond acceptors (Lipinski definition) is 6. The normalized spacial score (nSPS) is 14.0. The minimum atomic E-state index is -0.531. The average Bonchev–Trinajstić information content (AvgIpc) is 2.32. The van der Waals surface area contributed by atoms with Crippen LogP contribution in [0, 0.1) is 0 Å². The molecule has 0 unspecified atom stereocenters. The summed E-state index contributed by atoms with van der Waals surface area (Å²) in [5.41, 5.74) is 0. The van der Waals surface area contributed by atoms with Crippen LogP contribution in [0.4, 0.5) is 0 Å². The predicted molar refractivity (Wildman–Crippen MR) is 54.9 cm³/mol. The van der Waals surface area contributed by atoms with Gasteiger partial charge in [-0.15, -0.1) is 0 Å². The fraction of sp³-hybridized carbons (Fsp3) is 0.800. The molecule has 2 atom stereocenters. The Morgan fingerprint density at radius 3 is 1.31 bits per heavy atom. The molecule has 0 N–H and O–H groups in total. The van der Waals surface area contributed by atoms with E-state index in [2.05, 4.69) is 9.47 Å². The maximum Gasteiger partial charge on any atom is 0.308 e. The minimum absolute atomic E-state index is 0.0303. The van der Waals surface area contributed by atoms with E-state index >= 15 is 0 Å². The highest BCUT2D eigenvalue weighted by atomic mass is 16.5. The summed E-state index contributed by atoms with van der Waals surface area (Å²) in [6, 6.07) is 0. The molecule has 0 aliphatic carbocycles. The molecule has 6 nitrogen and oxygen atoms in total. The quantitative estimate of drug-likeness (QED) is 0.584. The summed E-state index contributed by atoms with van der Waals surface area (Å²) < 4.78 is 19.2. The lowest BCUT2D eigenvalue weighted by Crippen LogP contribution is -2.34. The van der Waals surface area contributed by atoms with Gasteiger partial charge < -0.3 is 18.9 Å². The Kier molecular flexibility index (Phi) is 7.49. The molecule has 0 fully saturated rings. The molecule has 16 heavy (non-hydrogen) atoms. The van der Waals surface area contributed by atoms with Crippen LogP contribution in [0.5, 0.6) is 0 Å². The summed E-state index contributed by atoms with van der Waals surface area (Å²) in [6.07, 6.45) is -1.00. The number of methoxy groups -OCH3 is 4. The molecule has 0 aliphatic rings. The Morgan fingerprint density at radius 1 is 0.812 bits per heavy atom. The second-order valence-corrected chi connectivity index (χ2v) is 3.11. The van der Waals surface area contributed by atoms with Gasteiger partial charge in [0.05, 0.1) is 39.3 Å². The molecule has 0 bridgehead atoms. The average molecular weight is 234 g/mol. The number of esters is 2. The van der Waals surface area contributed by atoms with Gasteiger partial charge in [-0.1, -0.05) is 0 Å². The number of carbonyl (C=O) groups excluding carboxylic acids is 2. The highest BCUT2D eigenvalue weighted by Gasteiger charge is 2.26. The molecule has 0 heterocycles. The van der Waals surface area contributed by atoms with Gasteiger partial charge in [0.25, 0.3) is 0 Å². The first-order valence-electron chi connectivity index (χ1n) is 4.78. The van der Waals surface area contributed by atoms with Crippen molar-refractivity contribution in [2.45, 2.75) is 25.0 Å². The molecule has 0 saturated carbocycles. The van der Waals surface area contributed by atoms with Crippen LogP contribution in [0.3, 0.4) is 0 Å². The van der Waals surface area contributed by atoms with Crippen molar-refractivity contribution in [3.05, 3.63) is 0 Å². The number of hydrogen-bond donors (Lipinski definition) is 0. The molecule has 0 aromatic rings. The van der Waals surface area contributed by atoms with Crippen molar-refractivity contribution in [2.24, 2.45) is 0 Å². The van der Waals surface area contributed by atoms with Crippen molar-refractivity contribution in [2.75, 3.05) is 28.4 Å². The third kappa shape index (κ3) is 5.09. The lowest BCUT2D eigenvalue weighted by Gasteiger charge is -2.22. The van der Waals surface area contributed by atoms with Gasteiger partial charge in [-0.2, -0.15) is 0 Å². The fourth-order valence-electron chi connectivity index (χ4n) is 1.23. The number of carbonyl (C=O) groups is 2. The molecule has 0 aromatic heterocycles. The van der Waals surface area contributed by atoms with Gasteiger partial charge in [0.15, 0.2) is 0 Å². The largest absolute Gasteiger partial charge is 0.469 e. The molecule has 0 spiro atoms. The second kappa shape index (κ2) is 8.06. The summed E-state index contributed by atoms with van der Waals surface area (Å²) in [5, 5.41) is 0. The molecule has 0 aliphatic heterocycles. The zero-order chi connectivity index (χ0) is 12.6. The van der Waals surface area contributed by atoms with E-state index in [0.29, 0.717) is 0 Å². The maximum absolute atomic E-state index is 11.1. The molecule has 0 saturated heterocycles. The van der Waals surface area contributed by atoms with Gasteiger partial charge in [-0.25, -0.2) is 0 Å². The topological polar surface area (TPSA) is 71.1 Å². The monoisotopic (exact) mass is 234 g/mol. The zero-order valence-electron chi connectivity index (χ0n) is 10.0. The van der Waals surface area contributed by atoms with Crippen LogP contribution in [-0.4, -0.2) is 52.6 Å². The molecule has 0 rings (SSSR count). The van der Waals surface area contributed by atoms with E-state index < -0.39 is 24.1 Å². The van der Waals surface area contributed by atoms with E-state index in [9.17, 15) is 9.59 Å². The lowest BCUT2D eigenvalue weighted by atomic mass is 10.1. The molecule has 0 amide bonds. The third-order valence-corrected chi connectivity index (χ3v) is 2.21. The summed E-state index contributed by atoms with van der Waals surface area (Å²) in [4.78, 5) is 22.2. The highest BCUT2D eigenvalue weighted by molar-refractivity contribution is 5.71. The van der Waals surface area contributed by atoms with Gasteiger partial charge in [0, 0.05) is 14.2 Å². The lowest BCUT2D eigenvalue weighted by molar-refractivity contribution is -0.152. The van der Waals surface area contributed by atoms with E-state index in [1.54, 1.807) is 0 Å². The Morgan fingerprint density at radius 2 is 1.12 bits per heavy atom. The van der Waals surface area contributed by atoms with Crippen LogP contribution in [0.1, 0.15) is 12.8 Å². The van der Waals surface area contributed by atoms with Crippen molar-refractivity contribution < 1.29 is 28.5 Å². The molecule has 94 valence electrons. The van der Waals surface area contributed by atoms with E-state index in [0.717, 1.165) is 0 Å². The number of ether oxygens (including phenoxy) is 4. The van der Waals surface area contributed by atoms with Crippen molar-refractivity contribution >= 4 is 11.9 Å². The van der Waals surface area contributed by atoms with Gasteiger partial charge in [-0.05, 0) is 0 Å². The third-order valence-electron chi connectivity index (χ3n) is 2.21. The van der Waals surface area contributed by atoms with Crippen LogP contribution in [0.15, 0.2) is 0 Å². The van der Waals surface area contributed by atoms with Crippen LogP contribution in [0.2, 0.25) is 0 Å². The summed E-state index contributed by atoms with van der Waals surface area (Å²) in [5.74, 6) is -0.836. The fourth-order valence-corrected chi connectivity index (χ4v) is 1.23. The van der Waals surface area contributed by atoms with E-state index in [-0.39, 0.29) is 12.8 Å². The van der Waals surface area contributed by atoms with Gasteiger partial charge in [0.2, 0.25) is 0 Å². The highest BCUT2D eigenvalue weighted by Crippen LogP contribution is 2.12. The zero-order valence-corrected chi connectivity index (χ0v) is 10.0. The molecular weight excluding hydrogens is 216 g/mol. The SMILES string of the molecule is COC(=O)C[C@@H](OC)[C@@H](CC(=O)OC)OC. The first-order chi connectivity index (χ1) is 7.58. The summed E-state index contributed by atoms with van der Waals surface area (Å²) in [6.45, 7) is 0. The standard InChI is InChI=1S/C10H18O6/c1-13-7(5-9(11)15-3)8(14-2)6-10(12)16-4/h7-8H,5-6H2,1-4H3/t7-,8-/m1/s1. The van der Waals surface area contributed by atoms with E-state index in [1.165, 1.54) is 28.4 Å². The maximum atomic E-state index is 11.1. The van der Waals surface area contributed by atoms with Gasteiger partial charge in [-0.3, -0.25) is 9.59 Å². The summed E-state index contributed by atoms with van der Waals surface area (Å²) in [7, 11) is 5.46. The molecule has 0 radical (unpaired) electrons. The molecule has 6 heteroatoms. The first-order valence-corrected chi connectivity index (χ1v) is 4.78. The predicted octanol–water partition coefficient (Wildman–Crippen LogP) is 0.143. The Labute approximate surface area is 94.8 Å². The van der Waals surface area contributed by atoms with Crippen LogP contribution < -0.4 is 0 Å². The van der Waals surface area contributed by atoms with Crippen LogP contribution >= 0.6 is 0 Å². The van der Waals surface area contributed by atoms with Gasteiger partial charge in [0.1, 0.15) is 0 Å². The smallest absolute Gasteiger partial charge is 0.308 e. The van der Waals surface area contributed by atoms with Crippen molar-refractivity contribution in [1.29, 1.82) is 0 Å². The summed E-state index contributed by atoms with van der Waals surface area (Å²) >= 11 is 0. The molecular formula is C10H18O6. The van der Waals surface area contributed by atoms with Crippen LogP contribution in [0.25, 0.3) is 0 Å². The first kappa shape index (κ1) is 14.9. The van der Waals surface area contributed by atoms with Gasteiger partial charge >= 0.3 is 11.9 Å². The van der Waals surface area contributed by atoms with Crippen molar-refractivity contribution in [3.8, 4) is 0 Å². The Hall–Kier alpha value is -1.14. The van der Waals surface area contributed by atoms with Crippen molar-refractivity contribution in [1.82, 2.24) is 0 Å². The Bertz CT molecular complexity index is 203. The van der Waals surface area contributed by atoms with E-state index in [1.807, 2.05) is 0 Å². The Balaban J connectivity index is 4.37. The van der Waals surface area contributed by atoms with Crippen molar-refractivity contribution in [3.63, 3.8) is 0 Å². The van der Waals surface area contributed by atoms with E-state index in [4.69, 9.17) is 9.47 Å². The second-order valence-electron chi connectivity index (χ2n) is 3.11. The minimum Gasteiger partial charge on any atom is -0.469 e.